The average Bonchev–Trinajstić information content (AvgIpc) is 1.41. The highest BCUT2D eigenvalue weighted by atomic mass is 16.1. The summed E-state index contributed by atoms with van der Waals surface area (Å²) in [5.41, 5.74) is 0. The first-order chi connectivity index (χ1) is 2.41. The van der Waals surface area contributed by atoms with Crippen LogP contribution in [0.4, 0.5) is 0 Å². The van der Waals surface area contributed by atoms with Crippen LogP contribution in [0.2, 0.25) is 0 Å². The van der Waals surface area contributed by atoms with Gasteiger partial charge >= 0.3 is 6.41 Å². The van der Waals surface area contributed by atoms with Crippen molar-refractivity contribution in [3.8, 4) is 0 Å². The zero-order chi connectivity index (χ0) is 4.12. The number of nitrogens with one attached hydrogen (secondary N) is 1. The molecule has 0 aromatic heterocycles. The first-order valence-electron chi connectivity index (χ1n) is 1.15. The molecule has 0 fully saturated rings. The molecule has 5 heavy (non-hydrogen) atoms. The van der Waals surface area contributed by atoms with Crippen molar-refractivity contribution in [3.05, 3.63) is 12.8 Å². The van der Waals surface area contributed by atoms with E-state index in [-0.39, 0.29) is 0 Å². The van der Waals surface area contributed by atoms with Crippen molar-refractivity contribution in [3.63, 3.8) is 0 Å². The summed E-state index contributed by atoms with van der Waals surface area (Å²) in [6, 6.07) is 0. The van der Waals surface area contributed by atoms with Crippen molar-refractivity contribution in [2.75, 3.05) is 0 Å². The third-order valence-corrected chi connectivity index (χ3v) is 0.161. The first kappa shape index (κ1) is 4.21. The van der Waals surface area contributed by atoms with Gasteiger partial charge in [0, 0.05) is 0 Å². The minimum Gasteiger partial charge on any atom is -0.325 e. The second kappa shape index (κ2) is 3.21. The topological polar surface area (TPSA) is 29.1 Å². The Hall–Kier alpha value is -0.790. The van der Waals surface area contributed by atoms with Gasteiger partial charge in [-0.15, -0.1) is 0 Å². The van der Waals surface area contributed by atoms with E-state index in [0.717, 1.165) is 0 Å². The summed E-state index contributed by atoms with van der Waals surface area (Å²) in [7, 11) is 0. The molecule has 0 aromatic rings. The highest BCUT2D eigenvalue weighted by Crippen LogP contribution is 1.35. The summed E-state index contributed by atoms with van der Waals surface area (Å²) in [5.74, 6) is 0. The molecule has 2 nitrogen and oxygen atoms in total. The number of hydrogen-bond donors (Lipinski definition) is 1. The summed E-state index contributed by atoms with van der Waals surface area (Å²) < 4.78 is 0. The van der Waals surface area contributed by atoms with Crippen LogP contribution in [0.25, 0.3) is 0 Å². The molecular formula is C3H4NO. The van der Waals surface area contributed by atoms with E-state index in [0.29, 0.717) is 0 Å². The molecule has 0 bridgehead atoms. The van der Waals surface area contributed by atoms with Gasteiger partial charge in [-0.2, -0.15) is 0 Å². The molecule has 0 saturated heterocycles. The summed E-state index contributed by atoms with van der Waals surface area (Å²) >= 11 is 0. The van der Waals surface area contributed by atoms with Gasteiger partial charge in [-0.3, -0.25) is 4.79 Å². The molecule has 2 heteroatoms. The Morgan fingerprint density at radius 3 is 2.60 bits per heavy atom. The molecule has 0 heterocycles. The Labute approximate surface area is 30.5 Å². The third kappa shape index (κ3) is 3.21. The largest absolute Gasteiger partial charge is 0.325 e. The quantitative estimate of drug-likeness (QED) is 0.447. The molecule has 27 valence electrons. The fraction of sp³-hybridized carbons (Fsp3) is 0. The number of hydrogen-bond acceptors (Lipinski definition) is 1. The Morgan fingerprint density at radius 1 is 2.00 bits per heavy atom. The second-order valence-electron chi connectivity index (χ2n) is 0.451. The van der Waals surface area contributed by atoms with Crippen molar-refractivity contribution < 1.29 is 4.79 Å². The predicted octanol–water partition coefficient (Wildman–Crippen LogP) is -0.213. The van der Waals surface area contributed by atoms with E-state index in [1.165, 1.54) is 12.6 Å². The van der Waals surface area contributed by atoms with Crippen LogP contribution in [0, 0.1) is 0 Å². The second-order valence-corrected chi connectivity index (χ2v) is 0.451. The molecule has 0 aliphatic carbocycles. The van der Waals surface area contributed by atoms with Crippen molar-refractivity contribution >= 4 is 6.41 Å². The van der Waals surface area contributed by atoms with Crippen molar-refractivity contribution in [2.24, 2.45) is 0 Å². The molecule has 1 amide bonds. The van der Waals surface area contributed by atoms with E-state index < -0.39 is 0 Å². The SMILES string of the molecule is C=CN[C]=O. The van der Waals surface area contributed by atoms with Gasteiger partial charge in [-0.1, -0.05) is 6.58 Å². The zero-order valence-corrected chi connectivity index (χ0v) is 2.69. The maximum atomic E-state index is 9.10. The number of carbonyl (C=O) groups excluding carboxylic acids is 1. The van der Waals surface area contributed by atoms with Crippen LogP contribution in [0.3, 0.4) is 0 Å². The lowest BCUT2D eigenvalue weighted by molar-refractivity contribution is 0.550. The van der Waals surface area contributed by atoms with Gasteiger partial charge in [0.25, 0.3) is 0 Å². The molecule has 1 N–H and O–H groups in total. The van der Waals surface area contributed by atoms with Gasteiger partial charge in [0.2, 0.25) is 0 Å². The minimum atomic E-state index is 1.26. The molecule has 0 atom stereocenters. The lowest BCUT2D eigenvalue weighted by atomic mass is 11.0. The average molecular weight is 70.1 g/mol. The van der Waals surface area contributed by atoms with Crippen molar-refractivity contribution in [1.82, 2.24) is 5.32 Å². The molecule has 1 radical (unpaired) electrons. The van der Waals surface area contributed by atoms with Crippen LogP contribution in [0.1, 0.15) is 0 Å². The van der Waals surface area contributed by atoms with Crippen LogP contribution >= 0.6 is 0 Å². The highest BCUT2D eigenvalue weighted by Gasteiger charge is 1.54. The van der Waals surface area contributed by atoms with E-state index in [2.05, 4.69) is 11.9 Å². The lowest BCUT2D eigenvalue weighted by Gasteiger charge is -1.67. The van der Waals surface area contributed by atoms with Gasteiger partial charge < -0.3 is 5.32 Å². The summed E-state index contributed by atoms with van der Waals surface area (Å²) in [6.07, 6.45) is 2.66. The third-order valence-electron chi connectivity index (χ3n) is 0.161. The maximum Gasteiger partial charge on any atom is 0.313 e. The normalized spacial score (nSPS) is 5.60. The van der Waals surface area contributed by atoms with Crippen molar-refractivity contribution in [1.29, 1.82) is 0 Å². The molecular weight excluding hydrogens is 66.0 g/mol. The van der Waals surface area contributed by atoms with Crippen LogP contribution in [-0.2, 0) is 4.79 Å². The molecule has 0 aliphatic heterocycles. The molecule has 0 unspecified atom stereocenters. The van der Waals surface area contributed by atoms with Crippen molar-refractivity contribution in [2.45, 2.75) is 0 Å². The van der Waals surface area contributed by atoms with Gasteiger partial charge in [0.1, 0.15) is 0 Å². The maximum absolute atomic E-state index is 9.10. The Morgan fingerprint density at radius 2 is 2.60 bits per heavy atom. The van der Waals surface area contributed by atoms with E-state index in [9.17, 15) is 0 Å². The molecule has 0 aromatic carbocycles. The number of amides is 1. The summed E-state index contributed by atoms with van der Waals surface area (Å²) in [4.78, 5) is 9.10. The fourth-order valence-electron chi connectivity index (χ4n) is 0.0417. The smallest absolute Gasteiger partial charge is 0.313 e. The van der Waals surface area contributed by atoms with Crippen LogP contribution in [0.5, 0.6) is 0 Å². The van der Waals surface area contributed by atoms with Gasteiger partial charge in [0.05, 0.1) is 0 Å². The van der Waals surface area contributed by atoms with Gasteiger partial charge in [-0.05, 0) is 6.20 Å². The molecule has 0 rings (SSSR count). The minimum absolute atomic E-state index is 1.26. The first-order valence-corrected chi connectivity index (χ1v) is 1.15. The van der Waals surface area contributed by atoms with Crippen LogP contribution in [-0.4, -0.2) is 6.41 Å². The van der Waals surface area contributed by atoms with Gasteiger partial charge in [0.15, 0.2) is 0 Å². The van der Waals surface area contributed by atoms with E-state index in [1.807, 2.05) is 0 Å². The van der Waals surface area contributed by atoms with Crippen LogP contribution < -0.4 is 5.32 Å². The monoisotopic (exact) mass is 70.0 g/mol. The Kier molecular flexibility index (Phi) is 2.70. The standard InChI is InChI=1S/C3H4NO/c1-2-4-3-5/h2H,1H2,(H,4,5). The lowest BCUT2D eigenvalue weighted by Crippen LogP contribution is -1.95. The zero-order valence-electron chi connectivity index (χ0n) is 2.69. The summed E-state index contributed by atoms with van der Waals surface area (Å²) in [5, 5.41) is 2.07. The van der Waals surface area contributed by atoms with E-state index in [1.54, 1.807) is 0 Å². The Balaban J connectivity index is 2.65. The number of rotatable bonds is 2. The fourth-order valence-corrected chi connectivity index (χ4v) is 0.0417. The highest BCUT2D eigenvalue weighted by molar-refractivity contribution is 5.48. The molecule has 0 spiro atoms. The van der Waals surface area contributed by atoms with E-state index in [4.69, 9.17) is 4.79 Å². The Bertz CT molecular complexity index is 36.2. The van der Waals surface area contributed by atoms with E-state index >= 15 is 0 Å². The van der Waals surface area contributed by atoms with Crippen LogP contribution in [0.15, 0.2) is 12.8 Å². The molecule has 0 saturated carbocycles. The molecule has 0 aliphatic rings. The van der Waals surface area contributed by atoms with Gasteiger partial charge in [-0.25, -0.2) is 0 Å². The predicted molar refractivity (Wildman–Crippen MR) is 19.0 cm³/mol. The summed E-state index contributed by atoms with van der Waals surface area (Å²) in [6.45, 7) is 3.18.